The minimum Gasteiger partial charge on any atom is -0.206 e. The summed E-state index contributed by atoms with van der Waals surface area (Å²) in [6.45, 7) is 8.18. The first-order chi connectivity index (χ1) is 13.5. The molecule has 0 N–H and O–H groups in total. The average Bonchev–Trinajstić information content (AvgIpc) is 2.69. The standard InChI is InChI=1S/C26H21BF/c1-18-15-20(3)24(16-19(18)2)12-10-22-7-5-21(6-8-22)9-11-23-13-14-25(27-4)17-26(23)28/h5-8,13-17H,1-4H3. The van der Waals surface area contributed by atoms with E-state index in [4.69, 9.17) is 0 Å². The van der Waals surface area contributed by atoms with Gasteiger partial charge in [0.05, 0.1) is 5.56 Å². The number of aryl methyl sites for hydroxylation is 3. The van der Waals surface area contributed by atoms with Gasteiger partial charge in [0.25, 0.3) is 0 Å². The van der Waals surface area contributed by atoms with Crippen molar-refractivity contribution in [2.75, 3.05) is 0 Å². The SMILES string of the molecule is C[B]c1ccc(C#Cc2ccc(C#Cc3cc(C)c(C)cc3C)cc2)c(F)c1. The van der Waals surface area contributed by atoms with Crippen LogP contribution in [0, 0.1) is 50.3 Å². The van der Waals surface area contributed by atoms with Gasteiger partial charge in [-0.3, -0.25) is 0 Å². The molecule has 0 atom stereocenters. The zero-order valence-electron chi connectivity index (χ0n) is 16.7. The maximum absolute atomic E-state index is 14.0. The monoisotopic (exact) mass is 363 g/mol. The molecule has 135 valence electrons. The number of hydrogen-bond donors (Lipinski definition) is 0. The summed E-state index contributed by atoms with van der Waals surface area (Å²) in [5.41, 5.74) is 7.78. The van der Waals surface area contributed by atoms with Crippen LogP contribution in [-0.4, -0.2) is 7.28 Å². The number of halogens is 1. The second-order valence-electron chi connectivity index (χ2n) is 6.86. The van der Waals surface area contributed by atoms with Crippen LogP contribution in [0.3, 0.4) is 0 Å². The molecule has 1 radical (unpaired) electrons. The third-order valence-corrected chi connectivity index (χ3v) is 4.74. The highest BCUT2D eigenvalue weighted by atomic mass is 19.1. The smallest absolute Gasteiger partial charge is 0.148 e. The van der Waals surface area contributed by atoms with Crippen LogP contribution in [-0.2, 0) is 0 Å². The van der Waals surface area contributed by atoms with Gasteiger partial charge in [0.2, 0.25) is 0 Å². The predicted molar refractivity (Wildman–Crippen MR) is 117 cm³/mol. The molecule has 0 aliphatic rings. The zero-order valence-corrected chi connectivity index (χ0v) is 16.7. The van der Waals surface area contributed by atoms with Gasteiger partial charge in [0.1, 0.15) is 13.1 Å². The lowest BCUT2D eigenvalue weighted by Crippen LogP contribution is -2.10. The van der Waals surface area contributed by atoms with Crippen LogP contribution < -0.4 is 5.46 Å². The van der Waals surface area contributed by atoms with Crippen LogP contribution in [0.15, 0.2) is 54.6 Å². The van der Waals surface area contributed by atoms with Gasteiger partial charge < -0.3 is 0 Å². The highest BCUT2D eigenvalue weighted by molar-refractivity contribution is 6.51. The van der Waals surface area contributed by atoms with Crippen molar-refractivity contribution in [2.45, 2.75) is 27.6 Å². The third kappa shape index (κ3) is 4.73. The molecule has 0 spiro atoms. The van der Waals surface area contributed by atoms with Gasteiger partial charge in [0.15, 0.2) is 0 Å². The predicted octanol–water partition coefficient (Wildman–Crippen LogP) is 4.93. The molecule has 0 heterocycles. The summed E-state index contributed by atoms with van der Waals surface area (Å²) < 4.78 is 14.0. The van der Waals surface area contributed by atoms with Crippen LogP contribution >= 0.6 is 0 Å². The Morgan fingerprint density at radius 3 is 1.79 bits per heavy atom. The fourth-order valence-electron chi connectivity index (χ4n) is 2.82. The normalized spacial score (nSPS) is 9.75. The highest BCUT2D eigenvalue weighted by Crippen LogP contribution is 2.14. The van der Waals surface area contributed by atoms with E-state index in [0.29, 0.717) is 5.56 Å². The second kappa shape index (κ2) is 8.64. The largest absolute Gasteiger partial charge is 0.206 e. The molecule has 3 aromatic carbocycles. The van der Waals surface area contributed by atoms with E-state index in [9.17, 15) is 4.39 Å². The molecular weight excluding hydrogens is 342 g/mol. The van der Waals surface area contributed by atoms with E-state index in [0.717, 1.165) is 22.2 Å². The van der Waals surface area contributed by atoms with Gasteiger partial charge >= 0.3 is 0 Å². The summed E-state index contributed by atoms with van der Waals surface area (Å²) in [6, 6.07) is 17.1. The quantitative estimate of drug-likeness (QED) is 0.425. The van der Waals surface area contributed by atoms with Crippen molar-refractivity contribution < 1.29 is 4.39 Å². The molecule has 28 heavy (non-hydrogen) atoms. The fraction of sp³-hybridized carbons (Fsp3) is 0.154. The molecule has 3 rings (SSSR count). The topological polar surface area (TPSA) is 0 Å². The Balaban J connectivity index is 1.78. The van der Waals surface area contributed by atoms with Crippen LogP contribution in [0.25, 0.3) is 0 Å². The molecule has 0 unspecified atom stereocenters. The van der Waals surface area contributed by atoms with Gasteiger partial charge in [-0.15, -0.1) is 0 Å². The van der Waals surface area contributed by atoms with Crippen LogP contribution in [0.1, 0.15) is 38.9 Å². The maximum atomic E-state index is 14.0. The summed E-state index contributed by atoms with van der Waals surface area (Å²) in [7, 11) is 1.86. The maximum Gasteiger partial charge on any atom is 0.148 e. The first-order valence-electron chi connectivity index (χ1n) is 9.27. The molecule has 0 aliphatic carbocycles. The molecule has 3 aromatic rings. The molecule has 0 saturated heterocycles. The average molecular weight is 363 g/mol. The lowest BCUT2D eigenvalue weighted by molar-refractivity contribution is 0.625. The second-order valence-corrected chi connectivity index (χ2v) is 6.86. The van der Waals surface area contributed by atoms with E-state index in [-0.39, 0.29) is 5.82 Å². The molecule has 0 nitrogen and oxygen atoms in total. The molecule has 2 heteroatoms. The molecule has 0 fully saturated rings. The Hall–Kier alpha value is -3.23. The van der Waals surface area contributed by atoms with E-state index in [1.807, 2.05) is 44.4 Å². The first-order valence-corrected chi connectivity index (χ1v) is 9.27. The summed E-state index contributed by atoms with van der Waals surface area (Å²) in [5, 5.41) is 0. The van der Waals surface area contributed by atoms with Crippen molar-refractivity contribution in [3.63, 3.8) is 0 Å². The molecule has 0 amide bonds. The minimum absolute atomic E-state index is 0.297. The summed E-state index contributed by atoms with van der Waals surface area (Å²) in [4.78, 5) is 0. The van der Waals surface area contributed by atoms with Crippen molar-refractivity contribution in [3.8, 4) is 23.7 Å². The Morgan fingerprint density at radius 1 is 0.643 bits per heavy atom. The van der Waals surface area contributed by atoms with Crippen molar-refractivity contribution in [3.05, 3.63) is 99.4 Å². The van der Waals surface area contributed by atoms with Crippen molar-refractivity contribution >= 4 is 12.7 Å². The minimum atomic E-state index is -0.297. The van der Waals surface area contributed by atoms with Crippen molar-refractivity contribution in [1.82, 2.24) is 0 Å². The van der Waals surface area contributed by atoms with E-state index < -0.39 is 0 Å². The van der Waals surface area contributed by atoms with Gasteiger partial charge in [-0.2, -0.15) is 0 Å². The summed E-state index contributed by atoms with van der Waals surface area (Å²) in [6.07, 6.45) is 0. The Labute approximate surface area is 168 Å². The van der Waals surface area contributed by atoms with Crippen LogP contribution in [0.4, 0.5) is 4.39 Å². The molecular formula is C26H21BF. The summed E-state index contributed by atoms with van der Waals surface area (Å²) in [5.74, 6) is 12.1. The number of rotatable bonds is 1. The van der Waals surface area contributed by atoms with Crippen LogP contribution in [0.5, 0.6) is 0 Å². The van der Waals surface area contributed by atoms with Gasteiger partial charge in [-0.05, 0) is 79.9 Å². The third-order valence-electron chi connectivity index (χ3n) is 4.74. The summed E-state index contributed by atoms with van der Waals surface area (Å²) >= 11 is 0. The van der Waals surface area contributed by atoms with Crippen molar-refractivity contribution in [1.29, 1.82) is 0 Å². The Kier molecular flexibility index (Phi) is 6.03. The Morgan fingerprint density at radius 2 is 1.21 bits per heavy atom. The number of hydrogen-bond acceptors (Lipinski definition) is 0. The molecule has 0 aliphatic heterocycles. The lowest BCUT2D eigenvalue weighted by atomic mass is 9.73. The van der Waals surface area contributed by atoms with Gasteiger partial charge in [-0.25, -0.2) is 4.39 Å². The molecule has 0 aromatic heterocycles. The van der Waals surface area contributed by atoms with Crippen LogP contribution in [0.2, 0.25) is 6.82 Å². The van der Waals surface area contributed by atoms with E-state index in [1.165, 1.54) is 22.8 Å². The number of benzene rings is 3. The first kappa shape index (κ1) is 19.5. The van der Waals surface area contributed by atoms with Gasteiger partial charge in [0, 0.05) is 16.7 Å². The van der Waals surface area contributed by atoms with E-state index >= 15 is 0 Å². The highest BCUT2D eigenvalue weighted by Gasteiger charge is 2.01. The van der Waals surface area contributed by atoms with E-state index in [2.05, 4.69) is 56.6 Å². The van der Waals surface area contributed by atoms with Gasteiger partial charge in [-0.1, -0.05) is 48.1 Å². The zero-order chi connectivity index (χ0) is 20.1. The Bertz CT molecular complexity index is 1130. The van der Waals surface area contributed by atoms with Crippen molar-refractivity contribution in [2.24, 2.45) is 0 Å². The fourth-order valence-corrected chi connectivity index (χ4v) is 2.82. The lowest BCUT2D eigenvalue weighted by Gasteiger charge is -2.04. The van der Waals surface area contributed by atoms with E-state index in [1.54, 1.807) is 6.07 Å². The molecule has 0 bridgehead atoms. The molecule has 0 saturated carbocycles.